The Morgan fingerprint density at radius 1 is 1.45 bits per heavy atom. The number of hydrogen-bond donors (Lipinski definition) is 1. The molecule has 0 aromatic carbocycles. The molecule has 1 aliphatic heterocycles. The monoisotopic (exact) mass is 151 g/mol. The van der Waals surface area contributed by atoms with E-state index in [0.717, 1.165) is 31.5 Å². The molecule has 60 valence electrons. The lowest BCUT2D eigenvalue weighted by atomic mass is 10.3. The highest BCUT2D eigenvalue weighted by Crippen LogP contribution is 2.50. The molecule has 0 spiro atoms. The number of terminal acetylenes is 1. The minimum absolute atomic E-state index is 0.374. The lowest BCUT2D eigenvalue weighted by Crippen LogP contribution is -2.25. The van der Waals surface area contributed by atoms with Crippen LogP contribution in [0, 0.1) is 30.1 Å². The van der Waals surface area contributed by atoms with Crippen molar-refractivity contribution >= 4 is 0 Å². The van der Waals surface area contributed by atoms with Crippen LogP contribution >= 0.6 is 0 Å². The second-order valence-electron chi connectivity index (χ2n) is 3.57. The first-order valence-corrected chi connectivity index (χ1v) is 4.13. The molecule has 2 nitrogen and oxygen atoms in total. The lowest BCUT2D eigenvalue weighted by molar-refractivity contribution is 0.230. The predicted octanol–water partition coefficient (Wildman–Crippen LogP) is -0.210. The van der Waals surface area contributed by atoms with Gasteiger partial charge in [0, 0.05) is 19.7 Å². The normalized spacial score (nSPS) is 41.6. The molecular weight excluding hydrogens is 138 g/mol. The van der Waals surface area contributed by atoms with Crippen molar-refractivity contribution in [2.45, 2.75) is 0 Å². The van der Waals surface area contributed by atoms with Gasteiger partial charge in [0.15, 0.2) is 0 Å². The van der Waals surface area contributed by atoms with E-state index in [1.807, 2.05) is 0 Å². The largest absolute Gasteiger partial charge is 0.396 e. The number of rotatable bonds is 2. The highest BCUT2D eigenvalue weighted by atomic mass is 16.3. The summed E-state index contributed by atoms with van der Waals surface area (Å²) in [5.41, 5.74) is 0. The number of aliphatic hydroxyl groups excluding tert-OH is 1. The molecule has 11 heavy (non-hydrogen) atoms. The van der Waals surface area contributed by atoms with E-state index in [1.54, 1.807) is 0 Å². The van der Waals surface area contributed by atoms with Crippen LogP contribution in [0.5, 0.6) is 0 Å². The van der Waals surface area contributed by atoms with Crippen LogP contribution in [0.25, 0.3) is 0 Å². The third kappa shape index (κ3) is 1.05. The van der Waals surface area contributed by atoms with Crippen LogP contribution in [0.3, 0.4) is 0 Å². The summed E-state index contributed by atoms with van der Waals surface area (Å²) in [7, 11) is 0. The van der Waals surface area contributed by atoms with Gasteiger partial charge in [0.1, 0.15) is 0 Å². The molecule has 0 aromatic heterocycles. The second kappa shape index (κ2) is 2.51. The molecule has 1 saturated heterocycles. The third-order valence-corrected chi connectivity index (χ3v) is 2.97. The Morgan fingerprint density at radius 2 is 2.09 bits per heavy atom. The predicted molar refractivity (Wildman–Crippen MR) is 42.8 cm³/mol. The molecule has 2 rings (SSSR count). The quantitative estimate of drug-likeness (QED) is 0.552. The zero-order chi connectivity index (χ0) is 7.84. The van der Waals surface area contributed by atoms with Crippen LogP contribution in [0.2, 0.25) is 0 Å². The van der Waals surface area contributed by atoms with Gasteiger partial charge < -0.3 is 5.11 Å². The van der Waals surface area contributed by atoms with Gasteiger partial charge in [-0.3, -0.25) is 4.90 Å². The summed E-state index contributed by atoms with van der Waals surface area (Å²) in [6, 6.07) is 0. The van der Waals surface area contributed by atoms with Gasteiger partial charge in [-0.25, -0.2) is 0 Å². The number of hydrogen-bond acceptors (Lipinski definition) is 2. The Labute approximate surface area is 67.2 Å². The number of aliphatic hydroxyl groups is 1. The molecule has 1 saturated carbocycles. The molecule has 2 aliphatic rings. The fourth-order valence-electron chi connectivity index (χ4n) is 2.27. The average molecular weight is 151 g/mol. The minimum atomic E-state index is 0.374. The van der Waals surface area contributed by atoms with Crippen LogP contribution in [-0.2, 0) is 0 Å². The van der Waals surface area contributed by atoms with Crippen molar-refractivity contribution in [1.29, 1.82) is 0 Å². The first-order chi connectivity index (χ1) is 5.36. The summed E-state index contributed by atoms with van der Waals surface area (Å²) in [5, 5.41) is 8.87. The van der Waals surface area contributed by atoms with Crippen LogP contribution in [0.1, 0.15) is 0 Å². The Bertz CT molecular complexity index is 184. The summed E-state index contributed by atoms with van der Waals surface area (Å²) >= 11 is 0. The van der Waals surface area contributed by atoms with Crippen LogP contribution in [-0.4, -0.2) is 36.2 Å². The van der Waals surface area contributed by atoms with Gasteiger partial charge in [0.25, 0.3) is 0 Å². The molecule has 1 N–H and O–H groups in total. The van der Waals surface area contributed by atoms with E-state index in [0.29, 0.717) is 12.5 Å². The maximum absolute atomic E-state index is 8.87. The maximum Gasteiger partial charge on any atom is 0.0599 e. The van der Waals surface area contributed by atoms with Gasteiger partial charge in [0.05, 0.1) is 6.54 Å². The van der Waals surface area contributed by atoms with Crippen LogP contribution < -0.4 is 0 Å². The fraction of sp³-hybridized carbons (Fsp3) is 0.778. The summed E-state index contributed by atoms with van der Waals surface area (Å²) in [6.45, 7) is 3.38. The van der Waals surface area contributed by atoms with Crippen molar-refractivity contribution in [2.24, 2.45) is 17.8 Å². The zero-order valence-corrected chi connectivity index (χ0v) is 6.53. The molecule has 0 bridgehead atoms. The summed E-state index contributed by atoms with van der Waals surface area (Å²) in [6.07, 6.45) is 5.19. The maximum atomic E-state index is 8.87. The van der Waals surface area contributed by atoms with E-state index in [2.05, 4.69) is 10.8 Å². The number of fused-ring (bicyclic) bond motifs is 1. The first-order valence-electron chi connectivity index (χ1n) is 4.13. The Balaban J connectivity index is 1.81. The average Bonchev–Trinajstić information content (AvgIpc) is 2.47. The second-order valence-corrected chi connectivity index (χ2v) is 3.57. The number of piperidine rings is 1. The summed E-state index contributed by atoms with van der Waals surface area (Å²) in [5.74, 6) is 4.76. The van der Waals surface area contributed by atoms with Gasteiger partial charge in [0.2, 0.25) is 0 Å². The van der Waals surface area contributed by atoms with Crippen molar-refractivity contribution < 1.29 is 5.11 Å². The number of nitrogens with zero attached hydrogens (tertiary/aromatic N) is 1. The molecule has 2 unspecified atom stereocenters. The van der Waals surface area contributed by atoms with Gasteiger partial charge >= 0.3 is 0 Å². The fourth-order valence-corrected chi connectivity index (χ4v) is 2.27. The smallest absolute Gasteiger partial charge is 0.0599 e. The molecule has 1 heterocycles. The topological polar surface area (TPSA) is 23.5 Å². The molecule has 2 fully saturated rings. The van der Waals surface area contributed by atoms with Gasteiger partial charge in [-0.05, 0) is 17.8 Å². The van der Waals surface area contributed by atoms with Crippen molar-refractivity contribution in [1.82, 2.24) is 4.90 Å². The highest BCUT2D eigenvalue weighted by molar-refractivity contribution is 5.06. The highest BCUT2D eigenvalue weighted by Gasteiger charge is 2.54. The third-order valence-electron chi connectivity index (χ3n) is 2.97. The minimum Gasteiger partial charge on any atom is -0.396 e. The number of likely N-dealkylation sites (tertiary alicyclic amines) is 1. The van der Waals surface area contributed by atoms with Crippen LogP contribution in [0.4, 0.5) is 0 Å². The summed E-state index contributed by atoms with van der Waals surface area (Å²) in [4.78, 5) is 2.29. The SMILES string of the molecule is C#CCN1CC2C(CO)C2C1. The Morgan fingerprint density at radius 3 is 2.55 bits per heavy atom. The summed E-state index contributed by atoms with van der Waals surface area (Å²) < 4.78 is 0. The molecule has 2 heteroatoms. The first kappa shape index (κ1) is 7.15. The van der Waals surface area contributed by atoms with E-state index >= 15 is 0 Å². The van der Waals surface area contributed by atoms with Gasteiger partial charge in [-0.2, -0.15) is 0 Å². The van der Waals surface area contributed by atoms with E-state index < -0.39 is 0 Å². The van der Waals surface area contributed by atoms with Crippen molar-refractivity contribution in [3.63, 3.8) is 0 Å². The van der Waals surface area contributed by atoms with E-state index in [-0.39, 0.29) is 0 Å². The molecule has 0 amide bonds. The zero-order valence-electron chi connectivity index (χ0n) is 6.53. The van der Waals surface area contributed by atoms with Crippen molar-refractivity contribution in [3.8, 4) is 12.3 Å². The molecule has 0 radical (unpaired) electrons. The molecule has 0 aromatic rings. The van der Waals surface area contributed by atoms with Gasteiger partial charge in [-0.1, -0.05) is 5.92 Å². The molecule has 1 aliphatic carbocycles. The van der Waals surface area contributed by atoms with Crippen molar-refractivity contribution in [3.05, 3.63) is 0 Å². The lowest BCUT2D eigenvalue weighted by Gasteiger charge is -2.14. The standard InChI is InChI=1S/C9H13NO/c1-2-3-10-4-7-8(5-10)9(7)6-11/h1,7-9,11H,3-6H2. The van der Waals surface area contributed by atoms with Crippen molar-refractivity contribution in [2.75, 3.05) is 26.2 Å². The Kier molecular flexibility index (Phi) is 1.63. The van der Waals surface area contributed by atoms with E-state index in [9.17, 15) is 0 Å². The Hall–Kier alpha value is -0.520. The van der Waals surface area contributed by atoms with Crippen LogP contribution in [0.15, 0.2) is 0 Å². The van der Waals surface area contributed by atoms with E-state index in [4.69, 9.17) is 11.5 Å². The molecule has 2 atom stereocenters. The van der Waals surface area contributed by atoms with Gasteiger partial charge in [-0.15, -0.1) is 6.42 Å². The molecular formula is C9H13NO. The van der Waals surface area contributed by atoms with E-state index in [1.165, 1.54) is 0 Å².